The highest BCUT2D eigenvalue weighted by Gasteiger charge is 2.31. The number of para-hydroxylation sites is 1. The zero-order chi connectivity index (χ0) is 19.1. The summed E-state index contributed by atoms with van der Waals surface area (Å²) in [7, 11) is 0. The molecule has 0 spiro atoms. The number of rotatable bonds is 3. The molecule has 3 aromatic rings. The Morgan fingerprint density at radius 1 is 0.964 bits per heavy atom. The standard InChI is InChI=1S/C24H27N3O/c1-18-16-20-6-2-3-7-23(20)27(18)21-10-8-19(9-11-21)24(28)26-15-12-22(17-26)25-13-4-5-14-25/h2-3,6-11,16,22H,4-5,12-15,17H2,1H3/t22-/m0/s1. The largest absolute Gasteiger partial charge is 0.337 e. The molecule has 4 nitrogen and oxygen atoms in total. The van der Waals surface area contributed by atoms with Crippen LogP contribution in [0.25, 0.3) is 16.6 Å². The maximum atomic E-state index is 13.0. The van der Waals surface area contributed by atoms with Crippen molar-refractivity contribution in [3.8, 4) is 5.69 Å². The van der Waals surface area contributed by atoms with Gasteiger partial charge in [0, 0.05) is 41.5 Å². The first-order valence-electron chi connectivity index (χ1n) is 10.4. The maximum absolute atomic E-state index is 13.0. The number of aryl methyl sites for hydroxylation is 1. The van der Waals surface area contributed by atoms with Crippen LogP contribution >= 0.6 is 0 Å². The van der Waals surface area contributed by atoms with Crippen LogP contribution < -0.4 is 0 Å². The molecule has 0 saturated carbocycles. The Labute approximate surface area is 166 Å². The summed E-state index contributed by atoms with van der Waals surface area (Å²) in [5.74, 6) is 0.169. The van der Waals surface area contributed by atoms with Gasteiger partial charge in [0.05, 0.1) is 5.52 Å². The lowest BCUT2D eigenvalue weighted by atomic mass is 10.1. The number of likely N-dealkylation sites (tertiary alicyclic amines) is 2. The minimum absolute atomic E-state index is 0.169. The molecule has 2 aliphatic heterocycles. The quantitative estimate of drug-likeness (QED) is 0.687. The second-order valence-electron chi connectivity index (χ2n) is 8.16. The summed E-state index contributed by atoms with van der Waals surface area (Å²) < 4.78 is 2.25. The molecule has 2 aliphatic rings. The van der Waals surface area contributed by atoms with Crippen LogP contribution in [-0.2, 0) is 0 Å². The molecule has 1 aromatic heterocycles. The van der Waals surface area contributed by atoms with E-state index in [1.165, 1.54) is 42.5 Å². The summed E-state index contributed by atoms with van der Waals surface area (Å²) in [6.07, 6.45) is 3.72. The lowest BCUT2D eigenvalue weighted by Crippen LogP contribution is -2.37. The van der Waals surface area contributed by atoms with Gasteiger partial charge in [0.1, 0.15) is 0 Å². The number of fused-ring (bicyclic) bond motifs is 1. The normalized spacial score (nSPS) is 20.3. The smallest absolute Gasteiger partial charge is 0.253 e. The molecule has 0 radical (unpaired) electrons. The van der Waals surface area contributed by atoms with Crippen molar-refractivity contribution in [2.24, 2.45) is 0 Å². The predicted octanol–water partition coefficient (Wildman–Crippen LogP) is 4.25. The van der Waals surface area contributed by atoms with Crippen molar-refractivity contribution in [3.63, 3.8) is 0 Å². The molecule has 28 heavy (non-hydrogen) atoms. The van der Waals surface area contributed by atoms with E-state index in [0.717, 1.165) is 30.8 Å². The molecule has 2 fully saturated rings. The second kappa shape index (κ2) is 7.10. The van der Waals surface area contributed by atoms with E-state index in [2.05, 4.69) is 58.9 Å². The van der Waals surface area contributed by atoms with Gasteiger partial charge in [-0.1, -0.05) is 18.2 Å². The van der Waals surface area contributed by atoms with E-state index in [9.17, 15) is 4.79 Å². The third-order valence-electron chi connectivity index (χ3n) is 6.37. The van der Waals surface area contributed by atoms with Crippen LogP contribution in [0.1, 0.15) is 35.3 Å². The van der Waals surface area contributed by atoms with Crippen LogP contribution in [0.5, 0.6) is 0 Å². The molecular weight excluding hydrogens is 346 g/mol. The minimum Gasteiger partial charge on any atom is -0.337 e. The Bertz CT molecular complexity index is 998. The lowest BCUT2D eigenvalue weighted by Gasteiger charge is -2.23. The number of aromatic nitrogens is 1. The molecule has 144 valence electrons. The molecule has 2 aromatic carbocycles. The van der Waals surface area contributed by atoms with Crippen LogP contribution in [-0.4, -0.2) is 52.5 Å². The Hall–Kier alpha value is -2.59. The number of amides is 1. The third-order valence-corrected chi connectivity index (χ3v) is 6.37. The first-order valence-corrected chi connectivity index (χ1v) is 10.4. The summed E-state index contributed by atoms with van der Waals surface area (Å²) in [5.41, 5.74) is 4.30. The maximum Gasteiger partial charge on any atom is 0.253 e. The number of hydrogen-bond acceptors (Lipinski definition) is 2. The number of hydrogen-bond donors (Lipinski definition) is 0. The molecular formula is C24H27N3O. The fourth-order valence-electron chi connectivity index (χ4n) is 4.90. The van der Waals surface area contributed by atoms with E-state index >= 15 is 0 Å². The van der Waals surface area contributed by atoms with Crippen LogP contribution in [0.3, 0.4) is 0 Å². The molecule has 0 N–H and O–H groups in total. The summed E-state index contributed by atoms with van der Waals surface area (Å²) in [6.45, 7) is 6.28. The highest BCUT2D eigenvalue weighted by molar-refractivity contribution is 5.94. The third kappa shape index (κ3) is 3.02. The SMILES string of the molecule is Cc1cc2ccccc2n1-c1ccc(C(=O)N2CC[C@H](N3CCCC3)C2)cc1. The fraction of sp³-hybridized carbons (Fsp3) is 0.375. The molecule has 5 rings (SSSR count). The van der Waals surface area contributed by atoms with Crippen LogP contribution in [0.4, 0.5) is 0 Å². The van der Waals surface area contributed by atoms with E-state index in [0.29, 0.717) is 6.04 Å². The first kappa shape index (κ1) is 17.5. The van der Waals surface area contributed by atoms with Crippen LogP contribution in [0, 0.1) is 6.92 Å². The monoisotopic (exact) mass is 373 g/mol. The summed E-state index contributed by atoms with van der Waals surface area (Å²) in [5, 5.41) is 1.24. The number of carbonyl (C=O) groups excluding carboxylic acids is 1. The van der Waals surface area contributed by atoms with Gasteiger partial charge in [-0.05, 0) is 75.7 Å². The Balaban J connectivity index is 1.35. The fourth-order valence-corrected chi connectivity index (χ4v) is 4.90. The van der Waals surface area contributed by atoms with Gasteiger partial charge in [0.2, 0.25) is 0 Å². The van der Waals surface area contributed by atoms with Gasteiger partial charge in [-0.3, -0.25) is 9.69 Å². The van der Waals surface area contributed by atoms with E-state index in [-0.39, 0.29) is 5.91 Å². The zero-order valence-corrected chi connectivity index (χ0v) is 16.5. The van der Waals surface area contributed by atoms with Crippen LogP contribution in [0.15, 0.2) is 54.6 Å². The van der Waals surface area contributed by atoms with Gasteiger partial charge in [-0.2, -0.15) is 0 Å². The van der Waals surface area contributed by atoms with Gasteiger partial charge in [-0.15, -0.1) is 0 Å². The predicted molar refractivity (Wildman–Crippen MR) is 113 cm³/mol. The van der Waals surface area contributed by atoms with Crippen molar-refractivity contribution in [1.82, 2.24) is 14.4 Å². The number of benzene rings is 2. The van der Waals surface area contributed by atoms with Crippen molar-refractivity contribution in [2.75, 3.05) is 26.2 Å². The van der Waals surface area contributed by atoms with E-state index in [4.69, 9.17) is 0 Å². The average molecular weight is 374 g/mol. The first-order chi connectivity index (χ1) is 13.7. The van der Waals surface area contributed by atoms with Gasteiger partial charge >= 0.3 is 0 Å². The van der Waals surface area contributed by atoms with Crippen molar-refractivity contribution >= 4 is 16.8 Å². The molecule has 0 aliphatic carbocycles. The summed E-state index contributed by atoms with van der Waals surface area (Å²) in [4.78, 5) is 17.6. The molecule has 1 amide bonds. The van der Waals surface area contributed by atoms with Gasteiger partial charge in [0.25, 0.3) is 5.91 Å². The highest BCUT2D eigenvalue weighted by Crippen LogP contribution is 2.25. The molecule has 0 bridgehead atoms. The highest BCUT2D eigenvalue weighted by atomic mass is 16.2. The topological polar surface area (TPSA) is 28.5 Å². The average Bonchev–Trinajstić information content (AvgIpc) is 3.46. The van der Waals surface area contributed by atoms with Crippen molar-refractivity contribution < 1.29 is 4.79 Å². The van der Waals surface area contributed by atoms with E-state index < -0.39 is 0 Å². The Kier molecular flexibility index (Phi) is 4.44. The molecule has 4 heteroatoms. The van der Waals surface area contributed by atoms with E-state index in [1.54, 1.807) is 0 Å². The molecule has 3 heterocycles. The van der Waals surface area contributed by atoms with Gasteiger partial charge in [0.15, 0.2) is 0 Å². The Morgan fingerprint density at radius 2 is 1.71 bits per heavy atom. The number of nitrogens with zero attached hydrogens (tertiary/aromatic N) is 3. The van der Waals surface area contributed by atoms with Crippen molar-refractivity contribution in [3.05, 3.63) is 65.9 Å². The summed E-state index contributed by atoms with van der Waals surface area (Å²) in [6, 6.07) is 19.3. The second-order valence-corrected chi connectivity index (χ2v) is 8.16. The Morgan fingerprint density at radius 3 is 2.50 bits per heavy atom. The lowest BCUT2D eigenvalue weighted by molar-refractivity contribution is 0.0780. The molecule has 0 unspecified atom stereocenters. The zero-order valence-electron chi connectivity index (χ0n) is 16.5. The van der Waals surface area contributed by atoms with Gasteiger partial charge < -0.3 is 9.47 Å². The van der Waals surface area contributed by atoms with Crippen LogP contribution in [0.2, 0.25) is 0 Å². The van der Waals surface area contributed by atoms with E-state index in [1.807, 2.05) is 17.0 Å². The molecule has 2 saturated heterocycles. The van der Waals surface area contributed by atoms with Crippen molar-refractivity contribution in [1.29, 1.82) is 0 Å². The van der Waals surface area contributed by atoms with Crippen molar-refractivity contribution in [2.45, 2.75) is 32.2 Å². The molecule has 1 atom stereocenters. The van der Waals surface area contributed by atoms with Gasteiger partial charge in [-0.25, -0.2) is 0 Å². The summed E-state index contributed by atoms with van der Waals surface area (Å²) >= 11 is 0. The minimum atomic E-state index is 0.169. The number of carbonyl (C=O) groups is 1.